The molecule has 2 aromatic rings. The maximum absolute atomic E-state index is 13.8. The van der Waals surface area contributed by atoms with Crippen LogP contribution in [0.5, 0.6) is 0 Å². The van der Waals surface area contributed by atoms with Crippen molar-refractivity contribution in [3.8, 4) is 0 Å². The SMILES string of the molecule is COCCNCCNC(=O)c1ccc(C)c(NC(=O)c2ccccc2F)c1. The number of aryl methyl sites for hydroxylation is 1. The molecule has 0 spiro atoms. The summed E-state index contributed by atoms with van der Waals surface area (Å²) in [6, 6.07) is 10.8. The van der Waals surface area contributed by atoms with Crippen LogP contribution in [0.2, 0.25) is 0 Å². The molecule has 0 saturated heterocycles. The minimum Gasteiger partial charge on any atom is -0.383 e. The summed E-state index contributed by atoms with van der Waals surface area (Å²) in [6.45, 7) is 4.21. The third kappa shape index (κ3) is 6.16. The van der Waals surface area contributed by atoms with Crippen molar-refractivity contribution in [3.63, 3.8) is 0 Å². The zero-order valence-corrected chi connectivity index (χ0v) is 15.5. The molecule has 0 unspecified atom stereocenters. The molecule has 0 aliphatic rings. The van der Waals surface area contributed by atoms with Gasteiger partial charge >= 0.3 is 0 Å². The highest BCUT2D eigenvalue weighted by atomic mass is 19.1. The van der Waals surface area contributed by atoms with E-state index in [1.165, 1.54) is 18.2 Å². The number of rotatable bonds is 9. The summed E-state index contributed by atoms with van der Waals surface area (Å²) in [7, 11) is 1.63. The van der Waals surface area contributed by atoms with Crippen LogP contribution < -0.4 is 16.0 Å². The van der Waals surface area contributed by atoms with Crippen molar-refractivity contribution in [2.24, 2.45) is 0 Å². The molecule has 0 saturated carbocycles. The molecule has 27 heavy (non-hydrogen) atoms. The smallest absolute Gasteiger partial charge is 0.258 e. The highest BCUT2D eigenvalue weighted by Gasteiger charge is 2.14. The molecule has 2 aromatic carbocycles. The maximum atomic E-state index is 13.8. The fourth-order valence-corrected chi connectivity index (χ4v) is 2.40. The molecule has 2 amide bonds. The minimum atomic E-state index is -0.595. The molecular formula is C20H24FN3O3. The number of ether oxygens (including phenoxy) is 1. The van der Waals surface area contributed by atoms with Gasteiger partial charge in [-0.05, 0) is 36.8 Å². The van der Waals surface area contributed by atoms with Gasteiger partial charge in [-0.2, -0.15) is 0 Å². The summed E-state index contributed by atoms with van der Waals surface area (Å²) in [5, 5.41) is 8.60. The van der Waals surface area contributed by atoms with Gasteiger partial charge in [0.1, 0.15) is 5.82 Å². The molecule has 0 radical (unpaired) electrons. The highest BCUT2D eigenvalue weighted by Crippen LogP contribution is 2.19. The van der Waals surface area contributed by atoms with E-state index in [-0.39, 0.29) is 11.5 Å². The fraction of sp³-hybridized carbons (Fsp3) is 0.300. The van der Waals surface area contributed by atoms with Crippen LogP contribution in [0.25, 0.3) is 0 Å². The van der Waals surface area contributed by atoms with Gasteiger partial charge in [-0.25, -0.2) is 4.39 Å². The Hall–Kier alpha value is -2.77. The lowest BCUT2D eigenvalue weighted by molar-refractivity contribution is 0.0952. The van der Waals surface area contributed by atoms with Crippen LogP contribution in [0.4, 0.5) is 10.1 Å². The van der Waals surface area contributed by atoms with E-state index < -0.39 is 11.7 Å². The van der Waals surface area contributed by atoms with Crippen LogP contribution >= 0.6 is 0 Å². The van der Waals surface area contributed by atoms with Crippen molar-refractivity contribution in [2.45, 2.75) is 6.92 Å². The first-order valence-electron chi connectivity index (χ1n) is 8.67. The molecule has 0 fully saturated rings. The van der Waals surface area contributed by atoms with Gasteiger partial charge in [0.05, 0.1) is 12.2 Å². The van der Waals surface area contributed by atoms with Crippen molar-refractivity contribution in [2.75, 3.05) is 38.7 Å². The number of hydrogen-bond acceptors (Lipinski definition) is 4. The lowest BCUT2D eigenvalue weighted by atomic mass is 10.1. The van der Waals surface area contributed by atoms with E-state index in [2.05, 4.69) is 16.0 Å². The van der Waals surface area contributed by atoms with E-state index >= 15 is 0 Å². The molecule has 0 atom stereocenters. The number of halogens is 1. The summed E-state index contributed by atoms with van der Waals surface area (Å²) in [6.07, 6.45) is 0. The number of hydrogen-bond donors (Lipinski definition) is 3. The average molecular weight is 373 g/mol. The Kier molecular flexibility index (Phi) is 7.91. The van der Waals surface area contributed by atoms with Gasteiger partial charge in [0, 0.05) is 38.0 Å². The van der Waals surface area contributed by atoms with Gasteiger partial charge in [0.25, 0.3) is 11.8 Å². The molecule has 0 heterocycles. The van der Waals surface area contributed by atoms with Crippen molar-refractivity contribution >= 4 is 17.5 Å². The first kappa shape index (κ1) is 20.5. The van der Waals surface area contributed by atoms with Crippen molar-refractivity contribution < 1.29 is 18.7 Å². The molecule has 144 valence electrons. The zero-order chi connectivity index (χ0) is 19.6. The van der Waals surface area contributed by atoms with Gasteiger partial charge in [0.15, 0.2) is 0 Å². The van der Waals surface area contributed by atoms with Crippen molar-refractivity contribution in [1.29, 1.82) is 0 Å². The van der Waals surface area contributed by atoms with Gasteiger partial charge in [-0.15, -0.1) is 0 Å². The predicted octanol–water partition coefficient (Wildman–Crippen LogP) is 2.35. The van der Waals surface area contributed by atoms with Crippen LogP contribution in [-0.2, 0) is 4.74 Å². The van der Waals surface area contributed by atoms with E-state index in [0.717, 1.165) is 5.56 Å². The number of anilines is 1. The summed E-state index contributed by atoms with van der Waals surface area (Å²) >= 11 is 0. The number of methoxy groups -OCH3 is 1. The Morgan fingerprint density at radius 3 is 2.56 bits per heavy atom. The van der Waals surface area contributed by atoms with E-state index in [9.17, 15) is 14.0 Å². The second-order valence-electron chi connectivity index (χ2n) is 5.96. The lowest BCUT2D eigenvalue weighted by Crippen LogP contribution is -2.33. The van der Waals surface area contributed by atoms with E-state index in [1.54, 1.807) is 38.3 Å². The van der Waals surface area contributed by atoms with Crippen LogP contribution in [0.1, 0.15) is 26.3 Å². The normalized spacial score (nSPS) is 10.5. The zero-order valence-electron chi connectivity index (χ0n) is 15.5. The Morgan fingerprint density at radius 2 is 1.81 bits per heavy atom. The molecule has 2 rings (SSSR count). The lowest BCUT2D eigenvalue weighted by Gasteiger charge is -2.12. The molecule has 0 aromatic heterocycles. The van der Waals surface area contributed by atoms with E-state index in [0.29, 0.717) is 37.5 Å². The van der Waals surface area contributed by atoms with Crippen LogP contribution in [0.15, 0.2) is 42.5 Å². The van der Waals surface area contributed by atoms with Crippen molar-refractivity contribution in [3.05, 3.63) is 65.0 Å². The van der Waals surface area contributed by atoms with Crippen molar-refractivity contribution in [1.82, 2.24) is 10.6 Å². The molecule has 0 aliphatic heterocycles. The van der Waals surface area contributed by atoms with Crippen LogP contribution in [0, 0.1) is 12.7 Å². The molecule has 6 nitrogen and oxygen atoms in total. The first-order valence-corrected chi connectivity index (χ1v) is 8.67. The third-order valence-corrected chi connectivity index (χ3v) is 3.94. The summed E-state index contributed by atoms with van der Waals surface area (Å²) in [5.74, 6) is -1.40. The van der Waals surface area contributed by atoms with Crippen LogP contribution in [-0.4, -0.2) is 45.2 Å². The summed E-state index contributed by atoms with van der Waals surface area (Å²) in [5.41, 5.74) is 1.61. The number of carbonyl (C=O) groups is 2. The Labute approximate surface area is 158 Å². The van der Waals surface area contributed by atoms with Gasteiger partial charge < -0.3 is 20.7 Å². The van der Waals surface area contributed by atoms with Gasteiger partial charge in [-0.3, -0.25) is 9.59 Å². The largest absolute Gasteiger partial charge is 0.383 e. The highest BCUT2D eigenvalue weighted by molar-refractivity contribution is 6.05. The number of nitrogens with one attached hydrogen (secondary N) is 3. The Morgan fingerprint density at radius 1 is 1.04 bits per heavy atom. The second kappa shape index (κ2) is 10.4. The topological polar surface area (TPSA) is 79.5 Å². The number of benzene rings is 2. The molecule has 0 bridgehead atoms. The second-order valence-corrected chi connectivity index (χ2v) is 5.96. The van der Waals surface area contributed by atoms with Gasteiger partial charge in [0.2, 0.25) is 0 Å². The van der Waals surface area contributed by atoms with E-state index in [1.807, 2.05) is 0 Å². The fourth-order valence-electron chi connectivity index (χ4n) is 2.40. The quantitative estimate of drug-likeness (QED) is 0.590. The van der Waals surface area contributed by atoms with E-state index in [4.69, 9.17) is 4.74 Å². The molecule has 3 N–H and O–H groups in total. The van der Waals surface area contributed by atoms with Gasteiger partial charge in [-0.1, -0.05) is 18.2 Å². The standard InChI is InChI=1S/C20H24FN3O3/c1-14-7-8-15(19(25)23-10-9-22-11-12-27-2)13-18(14)24-20(26)16-5-3-4-6-17(16)21/h3-8,13,22H,9-12H2,1-2H3,(H,23,25)(H,24,26). The average Bonchev–Trinajstić information content (AvgIpc) is 2.66. The number of amides is 2. The van der Waals surface area contributed by atoms with Crippen LogP contribution in [0.3, 0.4) is 0 Å². The third-order valence-electron chi connectivity index (χ3n) is 3.94. The summed E-state index contributed by atoms with van der Waals surface area (Å²) in [4.78, 5) is 24.6. The molecular weight excluding hydrogens is 349 g/mol. The minimum absolute atomic E-state index is 0.0473. The molecule has 7 heteroatoms. The maximum Gasteiger partial charge on any atom is 0.258 e. The monoisotopic (exact) mass is 373 g/mol. The summed E-state index contributed by atoms with van der Waals surface area (Å²) < 4.78 is 18.7. The first-order chi connectivity index (χ1) is 13.0. The Bertz CT molecular complexity index is 796. The Balaban J connectivity index is 1.98. The number of carbonyl (C=O) groups excluding carboxylic acids is 2. The molecule has 0 aliphatic carbocycles. The predicted molar refractivity (Wildman–Crippen MR) is 103 cm³/mol.